The van der Waals surface area contributed by atoms with Gasteiger partial charge >= 0.3 is 5.97 Å². The van der Waals surface area contributed by atoms with Crippen LogP contribution >= 0.6 is 15.9 Å². The van der Waals surface area contributed by atoms with E-state index >= 15 is 0 Å². The van der Waals surface area contributed by atoms with E-state index in [0.717, 1.165) is 14.9 Å². The van der Waals surface area contributed by atoms with Gasteiger partial charge in [0.25, 0.3) is 11.8 Å². The van der Waals surface area contributed by atoms with Crippen molar-refractivity contribution in [2.75, 3.05) is 6.61 Å². The predicted octanol–water partition coefficient (Wildman–Crippen LogP) is 2.32. The van der Waals surface area contributed by atoms with Gasteiger partial charge in [0, 0.05) is 16.5 Å². The zero-order valence-electron chi connectivity index (χ0n) is 19.2. The molecule has 186 valence electrons. The Hall–Kier alpha value is -3.79. The summed E-state index contributed by atoms with van der Waals surface area (Å²) in [6, 6.07) is 14.2. The van der Waals surface area contributed by atoms with Crippen LogP contribution in [0.15, 0.2) is 71.2 Å². The van der Waals surface area contributed by atoms with E-state index in [9.17, 15) is 24.0 Å². The van der Waals surface area contributed by atoms with E-state index in [1.807, 2.05) is 18.2 Å². The van der Waals surface area contributed by atoms with Gasteiger partial charge in [0.1, 0.15) is 6.04 Å². The van der Waals surface area contributed by atoms with Crippen molar-refractivity contribution in [1.82, 2.24) is 15.8 Å². The number of hydrogen-bond donors (Lipinski definition) is 2. The summed E-state index contributed by atoms with van der Waals surface area (Å²) in [5.41, 5.74) is 5.48. The minimum absolute atomic E-state index is 0.0615. The number of nitrogens with one attached hydrogen (secondary N) is 2. The number of rotatable bonds is 7. The number of carbonyl (C=O) groups excluding carboxylic acids is 5. The molecular weight excluding hydrogens is 530 g/mol. The van der Waals surface area contributed by atoms with Crippen molar-refractivity contribution in [2.45, 2.75) is 25.3 Å². The summed E-state index contributed by atoms with van der Waals surface area (Å²) in [5.74, 6) is -3.99. The molecule has 4 rings (SSSR count). The summed E-state index contributed by atoms with van der Waals surface area (Å²) < 4.78 is 5.98. The third kappa shape index (κ3) is 5.71. The smallest absolute Gasteiger partial charge is 0.330 e. The van der Waals surface area contributed by atoms with Crippen molar-refractivity contribution < 1.29 is 28.7 Å². The molecular formula is C26H24BrN3O6. The quantitative estimate of drug-likeness (QED) is 0.235. The molecule has 1 saturated heterocycles. The lowest BCUT2D eigenvalue weighted by atomic mass is 9.85. The lowest BCUT2D eigenvalue weighted by Gasteiger charge is -2.25. The number of likely N-dealkylation sites (tertiary alicyclic amines) is 1. The number of esters is 1. The van der Waals surface area contributed by atoms with Gasteiger partial charge in [0.2, 0.25) is 11.8 Å². The summed E-state index contributed by atoms with van der Waals surface area (Å²) in [4.78, 5) is 64.6. The Labute approximate surface area is 216 Å². The Kier molecular flexibility index (Phi) is 7.94. The monoisotopic (exact) mass is 553 g/mol. The molecule has 1 aliphatic carbocycles. The Balaban J connectivity index is 1.40. The standard InChI is InChI=1S/C26H24BrN3O6/c27-18-12-10-17(11-13-18)23(32)29-28-22(31)15-36-26(35)21(14-16-6-2-1-3-7-16)30-24(33)19-8-4-5-9-20(19)25(30)34/h1-7,10-13,19-21H,8-9,14-15H2,(H,28,31)(H,29,32)/t19-,20-,21-/m0/s1. The SMILES string of the molecule is O=C(COC(=O)[C@H](Cc1ccccc1)N1C(=O)[C@H]2CC=CC[C@@H]2C1=O)NNC(=O)c1ccc(Br)cc1. The molecule has 10 heteroatoms. The van der Waals surface area contributed by atoms with Gasteiger partial charge < -0.3 is 4.74 Å². The highest BCUT2D eigenvalue weighted by Crippen LogP contribution is 2.36. The molecule has 3 atom stereocenters. The van der Waals surface area contributed by atoms with Crippen LogP contribution < -0.4 is 10.9 Å². The number of halogens is 1. The molecule has 2 N–H and O–H groups in total. The van der Waals surface area contributed by atoms with E-state index in [2.05, 4.69) is 26.8 Å². The Morgan fingerprint density at radius 2 is 1.53 bits per heavy atom. The lowest BCUT2D eigenvalue weighted by molar-refractivity contribution is -0.160. The fourth-order valence-electron chi connectivity index (χ4n) is 4.32. The maximum absolute atomic E-state index is 13.1. The van der Waals surface area contributed by atoms with Crippen LogP contribution in [0.3, 0.4) is 0 Å². The normalized spacial score (nSPS) is 19.4. The number of imide groups is 1. The first-order chi connectivity index (χ1) is 17.3. The molecule has 0 unspecified atom stereocenters. The van der Waals surface area contributed by atoms with Crippen molar-refractivity contribution in [1.29, 1.82) is 0 Å². The molecule has 0 spiro atoms. The zero-order chi connectivity index (χ0) is 25.7. The van der Waals surface area contributed by atoms with E-state index in [1.165, 1.54) is 0 Å². The first kappa shape index (κ1) is 25.3. The van der Waals surface area contributed by atoms with Crippen LogP contribution in [-0.4, -0.2) is 47.1 Å². The molecule has 2 aromatic carbocycles. The highest BCUT2D eigenvalue weighted by molar-refractivity contribution is 9.10. The van der Waals surface area contributed by atoms with Crippen molar-refractivity contribution in [3.8, 4) is 0 Å². The number of allylic oxidation sites excluding steroid dienone is 2. The fraction of sp³-hybridized carbons (Fsp3) is 0.269. The second-order valence-corrected chi connectivity index (χ2v) is 9.44. The minimum Gasteiger partial charge on any atom is -0.454 e. The number of hydrazine groups is 1. The minimum atomic E-state index is -1.21. The van der Waals surface area contributed by atoms with E-state index in [0.29, 0.717) is 18.4 Å². The molecule has 9 nitrogen and oxygen atoms in total. The van der Waals surface area contributed by atoms with E-state index in [4.69, 9.17) is 4.74 Å². The van der Waals surface area contributed by atoms with Crippen LogP contribution in [0.5, 0.6) is 0 Å². The van der Waals surface area contributed by atoms with Crippen LogP contribution in [0.4, 0.5) is 0 Å². The van der Waals surface area contributed by atoms with Gasteiger partial charge in [0.15, 0.2) is 6.61 Å². The molecule has 36 heavy (non-hydrogen) atoms. The molecule has 4 amide bonds. The Morgan fingerprint density at radius 3 is 2.14 bits per heavy atom. The zero-order valence-corrected chi connectivity index (χ0v) is 20.8. The first-order valence-electron chi connectivity index (χ1n) is 11.4. The number of carbonyl (C=O) groups is 5. The second-order valence-electron chi connectivity index (χ2n) is 8.52. The van der Waals surface area contributed by atoms with Crippen LogP contribution in [0.25, 0.3) is 0 Å². The van der Waals surface area contributed by atoms with Gasteiger partial charge in [-0.05, 0) is 42.7 Å². The lowest BCUT2D eigenvalue weighted by Crippen LogP contribution is -2.49. The summed E-state index contributed by atoms with van der Waals surface area (Å²) in [5, 5.41) is 0. The average molecular weight is 554 g/mol. The number of hydrogen-bond acceptors (Lipinski definition) is 6. The molecule has 1 heterocycles. The number of amides is 4. The first-order valence-corrected chi connectivity index (χ1v) is 12.2. The van der Waals surface area contributed by atoms with Crippen molar-refractivity contribution in [2.24, 2.45) is 11.8 Å². The van der Waals surface area contributed by atoms with E-state index in [1.54, 1.807) is 48.5 Å². The van der Waals surface area contributed by atoms with Crippen LogP contribution in [0, 0.1) is 11.8 Å². The van der Waals surface area contributed by atoms with Crippen molar-refractivity contribution in [3.63, 3.8) is 0 Å². The average Bonchev–Trinajstić information content (AvgIpc) is 3.15. The number of ether oxygens (including phenoxy) is 1. The Bertz CT molecular complexity index is 1170. The van der Waals surface area contributed by atoms with Crippen molar-refractivity contribution in [3.05, 3.63) is 82.3 Å². The van der Waals surface area contributed by atoms with Gasteiger partial charge in [-0.3, -0.25) is 34.9 Å². The topological polar surface area (TPSA) is 122 Å². The molecule has 0 aromatic heterocycles. The third-order valence-corrected chi connectivity index (χ3v) is 6.69. The van der Waals surface area contributed by atoms with Gasteiger partial charge in [0.05, 0.1) is 11.8 Å². The number of benzene rings is 2. The maximum atomic E-state index is 13.1. The molecule has 2 aliphatic rings. The summed E-state index contributed by atoms with van der Waals surface area (Å²) >= 11 is 3.27. The summed E-state index contributed by atoms with van der Waals surface area (Å²) in [6.07, 6.45) is 4.69. The van der Waals surface area contributed by atoms with E-state index < -0.39 is 54.1 Å². The van der Waals surface area contributed by atoms with Gasteiger partial charge in [-0.1, -0.05) is 58.4 Å². The number of fused-ring (bicyclic) bond motifs is 1. The number of nitrogens with zero attached hydrogens (tertiary/aromatic N) is 1. The van der Waals surface area contributed by atoms with Gasteiger partial charge in [-0.25, -0.2) is 4.79 Å². The molecule has 0 bridgehead atoms. The van der Waals surface area contributed by atoms with E-state index in [-0.39, 0.29) is 6.42 Å². The molecule has 1 aliphatic heterocycles. The maximum Gasteiger partial charge on any atom is 0.330 e. The van der Waals surface area contributed by atoms with Crippen LogP contribution in [-0.2, 0) is 30.3 Å². The van der Waals surface area contributed by atoms with Gasteiger partial charge in [-0.15, -0.1) is 0 Å². The Morgan fingerprint density at radius 1 is 0.917 bits per heavy atom. The highest BCUT2D eigenvalue weighted by Gasteiger charge is 2.51. The molecule has 0 radical (unpaired) electrons. The fourth-order valence-corrected chi connectivity index (χ4v) is 4.58. The van der Waals surface area contributed by atoms with Crippen molar-refractivity contribution >= 4 is 45.5 Å². The third-order valence-electron chi connectivity index (χ3n) is 6.16. The second kappa shape index (κ2) is 11.3. The van der Waals surface area contributed by atoms with Gasteiger partial charge in [-0.2, -0.15) is 0 Å². The molecule has 1 fully saturated rings. The summed E-state index contributed by atoms with van der Waals surface area (Å²) in [7, 11) is 0. The summed E-state index contributed by atoms with van der Waals surface area (Å²) in [6.45, 7) is -0.699. The van der Waals surface area contributed by atoms with Crippen LogP contribution in [0.2, 0.25) is 0 Å². The molecule has 2 aromatic rings. The van der Waals surface area contributed by atoms with Crippen LogP contribution in [0.1, 0.15) is 28.8 Å². The highest BCUT2D eigenvalue weighted by atomic mass is 79.9. The molecule has 0 saturated carbocycles. The largest absolute Gasteiger partial charge is 0.454 e. The predicted molar refractivity (Wildman–Crippen MR) is 132 cm³/mol.